The third kappa shape index (κ3) is 4.09. The van der Waals surface area contributed by atoms with Crippen molar-refractivity contribution in [2.24, 2.45) is 7.05 Å². The number of halogens is 1. The van der Waals surface area contributed by atoms with Crippen molar-refractivity contribution in [1.29, 1.82) is 0 Å². The molecule has 24 heavy (non-hydrogen) atoms. The van der Waals surface area contributed by atoms with E-state index in [1.807, 2.05) is 0 Å². The highest BCUT2D eigenvalue weighted by Crippen LogP contribution is 2.29. The Morgan fingerprint density at radius 1 is 1.29 bits per heavy atom. The van der Waals surface area contributed by atoms with E-state index in [0.717, 1.165) is 0 Å². The molecule has 0 aliphatic carbocycles. The summed E-state index contributed by atoms with van der Waals surface area (Å²) in [6, 6.07) is 5.01. The SMILES string of the molecule is Cn1nc(-c2cc(F)ccc2NC(=O)OC(C)(C)C)cc1C(=O)O. The fourth-order valence-corrected chi connectivity index (χ4v) is 2.05. The number of benzene rings is 1. The van der Waals surface area contributed by atoms with E-state index in [4.69, 9.17) is 9.84 Å². The summed E-state index contributed by atoms with van der Waals surface area (Å²) in [4.78, 5) is 23.1. The first-order chi connectivity index (χ1) is 11.1. The van der Waals surface area contributed by atoms with Crippen molar-refractivity contribution in [2.45, 2.75) is 26.4 Å². The van der Waals surface area contributed by atoms with Gasteiger partial charge in [0.15, 0.2) is 0 Å². The molecule has 0 spiro atoms. The number of hydrogen-bond acceptors (Lipinski definition) is 4. The highest BCUT2D eigenvalue weighted by Gasteiger charge is 2.20. The number of rotatable bonds is 3. The molecule has 128 valence electrons. The van der Waals surface area contributed by atoms with E-state index in [9.17, 15) is 14.0 Å². The van der Waals surface area contributed by atoms with Crippen LogP contribution in [0, 0.1) is 5.82 Å². The second-order valence-corrected chi connectivity index (χ2v) is 6.16. The molecule has 1 aromatic heterocycles. The average Bonchev–Trinajstić information content (AvgIpc) is 2.80. The molecule has 0 aliphatic rings. The zero-order valence-electron chi connectivity index (χ0n) is 13.8. The minimum absolute atomic E-state index is 0.0579. The molecule has 0 aliphatic heterocycles. The third-order valence-corrected chi connectivity index (χ3v) is 2.99. The number of nitrogens with one attached hydrogen (secondary N) is 1. The van der Waals surface area contributed by atoms with Crippen LogP contribution in [-0.2, 0) is 11.8 Å². The Balaban J connectivity index is 2.40. The topological polar surface area (TPSA) is 93.5 Å². The van der Waals surface area contributed by atoms with Crippen LogP contribution in [0.3, 0.4) is 0 Å². The third-order valence-electron chi connectivity index (χ3n) is 2.99. The van der Waals surface area contributed by atoms with Crippen LogP contribution in [0.4, 0.5) is 14.9 Å². The van der Waals surface area contributed by atoms with Crippen LogP contribution in [0.15, 0.2) is 24.3 Å². The minimum atomic E-state index is -1.16. The number of aromatic carboxylic acids is 1. The lowest BCUT2D eigenvalue weighted by molar-refractivity contribution is 0.0633. The Hall–Kier alpha value is -2.90. The maximum atomic E-state index is 13.6. The van der Waals surface area contributed by atoms with Gasteiger partial charge in [-0.2, -0.15) is 5.10 Å². The number of aryl methyl sites for hydroxylation is 1. The predicted octanol–water partition coefficient (Wildman–Crippen LogP) is 3.27. The summed E-state index contributed by atoms with van der Waals surface area (Å²) in [6.45, 7) is 5.15. The van der Waals surface area contributed by atoms with Crippen molar-refractivity contribution >= 4 is 17.7 Å². The highest BCUT2D eigenvalue weighted by atomic mass is 19.1. The Labute approximate surface area is 138 Å². The lowest BCUT2D eigenvalue weighted by Gasteiger charge is -2.20. The van der Waals surface area contributed by atoms with E-state index in [2.05, 4.69) is 10.4 Å². The van der Waals surface area contributed by atoms with E-state index in [0.29, 0.717) is 0 Å². The minimum Gasteiger partial charge on any atom is -0.477 e. The smallest absolute Gasteiger partial charge is 0.412 e. The van der Waals surface area contributed by atoms with Crippen LogP contribution in [0.1, 0.15) is 31.3 Å². The van der Waals surface area contributed by atoms with E-state index in [-0.39, 0.29) is 22.6 Å². The molecule has 2 N–H and O–H groups in total. The van der Waals surface area contributed by atoms with E-state index in [1.165, 1.54) is 36.0 Å². The quantitative estimate of drug-likeness (QED) is 0.898. The number of hydrogen-bond donors (Lipinski definition) is 2. The Morgan fingerprint density at radius 2 is 1.96 bits per heavy atom. The summed E-state index contributed by atoms with van der Waals surface area (Å²) >= 11 is 0. The molecule has 0 saturated heterocycles. The predicted molar refractivity (Wildman–Crippen MR) is 85.4 cm³/mol. The lowest BCUT2D eigenvalue weighted by Crippen LogP contribution is -2.27. The molecule has 0 fully saturated rings. The molecular formula is C16H18FN3O4. The Morgan fingerprint density at radius 3 is 2.50 bits per heavy atom. The molecule has 1 aromatic carbocycles. The van der Waals surface area contributed by atoms with Gasteiger partial charge >= 0.3 is 12.1 Å². The van der Waals surface area contributed by atoms with Gasteiger partial charge in [-0.25, -0.2) is 14.0 Å². The normalized spacial score (nSPS) is 11.2. The standard InChI is InChI=1S/C16H18FN3O4/c1-16(2,3)24-15(23)18-11-6-5-9(17)7-10(11)12-8-13(14(21)22)20(4)19-12/h5-8H,1-4H3,(H,18,23)(H,21,22). The number of carbonyl (C=O) groups is 2. The van der Waals surface area contributed by atoms with Crippen LogP contribution in [0.25, 0.3) is 11.3 Å². The highest BCUT2D eigenvalue weighted by molar-refractivity contribution is 5.92. The maximum Gasteiger partial charge on any atom is 0.412 e. The van der Waals surface area contributed by atoms with E-state index < -0.39 is 23.5 Å². The number of carboxylic acid groups (broad SMARTS) is 1. The summed E-state index contributed by atoms with van der Waals surface area (Å²) in [6.07, 6.45) is -0.704. The zero-order chi connectivity index (χ0) is 18.1. The number of anilines is 1. The second-order valence-electron chi connectivity index (χ2n) is 6.16. The van der Waals surface area contributed by atoms with Crippen LogP contribution in [0.5, 0.6) is 0 Å². The number of nitrogens with zero attached hydrogens (tertiary/aromatic N) is 2. The molecule has 2 rings (SSSR count). The van der Waals surface area contributed by atoms with Gasteiger partial charge in [-0.05, 0) is 45.0 Å². The van der Waals surface area contributed by atoms with Crippen LogP contribution < -0.4 is 5.32 Å². The fourth-order valence-electron chi connectivity index (χ4n) is 2.05. The second kappa shape index (κ2) is 6.31. The van der Waals surface area contributed by atoms with Gasteiger partial charge in [-0.15, -0.1) is 0 Å². The molecule has 0 atom stereocenters. The van der Waals surface area contributed by atoms with Crippen molar-refractivity contribution in [3.8, 4) is 11.3 Å². The van der Waals surface area contributed by atoms with E-state index >= 15 is 0 Å². The average molecular weight is 335 g/mol. The molecule has 1 heterocycles. The van der Waals surface area contributed by atoms with Gasteiger partial charge in [-0.3, -0.25) is 10.00 Å². The maximum absolute atomic E-state index is 13.6. The van der Waals surface area contributed by atoms with Crippen LogP contribution in [-0.4, -0.2) is 32.6 Å². The first-order valence-electron chi connectivity index (χ1n) is 7.14. The first kappa shape index (κ1) is 17.5. The molecule has 0 radical (unpaired) electrons. The zero-order valence-corrected chi connectivity index (χ0v) is 13.8. The number of amides is 1. The van der Waals surface area contributed by atoms with Gasteiger partial charge in [-0.1, -0.05) is 0 Å². The molecule has 0 unspecified atom stereocenters. The molecule has 0 bridgehead atoms. The fraction of sp³-hybridized carbons (Fsp3) is 0.312. The van der Waals surface area contributed by atoms with Crippen molar-refractivity contribution in [1.82, 2.24) is 9.78 Å². The summed E-state index contributed by atoms with van der Waals surface area (Å²) in [5.74, 6) is -1.70. The van der Waals surface area contributed by atoms with Gasteiger partial charge in [0.1, 0.15) is 17.1 Å². The number of carboxylic acids is 1. The Kier molecular flexibility index (Phi) is 4.59. The molecular weight excluding hydrogens is 317 g/mol. The number of aromatic nitrogens is 2. The monoisotopic (exact) mass is 335 g/mol. The molecule has 0 saturated carbocycles. The largest absolute Gasteiger partial charge is 0.477 e. The van der Waals surface area contributed by atoms with Crippen molar-refractivity contribution in [3.63, 3.8) is 0 Å². The molecule has 8 heteroatoms. The number of ether oxygens (including phenoxy) is 1. The van der Waals surface area contributed by atoms with Crippen molar-refractivity contribution < 1.29 is 23.8 Å². The van der Waals surface area contributed by atoms with Gasteiger partial charge in [0, 0.05) is 12.6 Å². The van der Waals surface area contributed by atoms with Gasteiger partial charge in [0.2, 0.25) is 0 Å². The van der Waals surface area contributed by atoms with Crippen molar-refractivity contribution in [2.75, 3.05) is 5.32 Å². The first-order valence-corrected chi connectivity index (χ1v) is 7.14. The van der Waals surface area contributed by atoms with Gasteiger partial charge < -0.3 is 9.84 Å². The summed E-state index contributed by atoms with van der Waals surface area (Å²) in [5, 5.41) is 15.7. The van der Waals surface area contributed by atoms with E-state index in [1.54, 1.807) is 20.8 Å². The molecule has 7 nitrogen and oxygen atoms in total. The number of carbonyl (C=O) groups excluding carboxylic acids is 1. The lowest BCUT2D eigenvalue weighted by atomic mass is 10.1. The van der Waals surface area contributed by atoms with Gasteiger partial charge in [0.05, 0.1) is 11.4 Å². The van der Waals surface area contributed by atoms with Gasteiger partial charge in [0.25, 0.3) is 0 Å². The van der Waals surface area contributed by atoms with Crippen LogP contribution >= 0.6 is 0 Å². The molecule has 1 amide bonds. The van der Waals surface area contributed by atoms with Crippen LogP contribution in [0.2, 0.25) is 0 Å². The summed E-state index contributed by atoms with van der Waals surface area (Å²) in [5.41, 5.74) is -0.00579. The molecule has 2 aromatic rings. The van der Waals surface area contributed by atoms with Crippen molar-refractivity contribution in [3.05, 3.63) is 35.8 Å². The summed E-state index contributed by atoms with van der Waals surface area (Å²) in [7, 11) is 1.47. The Bertz CT molecular complexity index is 793. The summed E-state index contributed by atoms with van der Waals surface area (Å²) < 4.78 is 19.9.